The van der Waals surface area contributed by atoms with Crippen LogP contribution in [0, 0.1) is 0 Å². The van der Waals surface area contributed by atoms with E-state index in [1.54, 1.807) is 21.6 Å². The van der Waals surface area contributed by atoms with Crippen LogP contribution in [0.5, 0.6) is 0 Å². The minimum absolute atomic E-state index is 0.0781. The SMILES string of the molecule is CC[C@@H](C(=O)N(C)[C@@H](C)CSC)N1CCCC1=O. The number of hydrogen-bond acceptors (Lipinski definition) is 3. The third-order valence-electron chi connectivity index (χ3n) is 3.57. The maximum Gasteiger partial charge on any atom is 0.245 e. The molecule has 2 amide bonds. The first kappa shape index (κ1) is 15.3. The van der Waals surface area contributed by atoms with E-state index in [2.05, 4.69) is 0 Å². The van der Waals surface area contributed by atoms with E-state index in [0.29, 0.717) is 12.8 Å². The zero-order valence-corrected chi connectivity index (χ0v) is 12.6. The number of nitrogens with zero attached hydrogens (tertiary/aromatic N) is 2. The van der Waals surface area contributed by atoms with Gasteiger partial charge in [0.2, 0.25) is 11.8 Å². The first-order chi connectivity index (χ1) is 8.52. The van der Waals surface area contributed by atoms with Gasteiger partial charge in [0.25, 0.3) is 0 Å². The van der Waals surface area contributed by atoms with Crippen LogP contribution in [0.1, 0.15) is 33.1 Å². The summed E-state index contributed by atoms with van der Waals surface area (Å²) < 4.78 is 0. The number of amides is 2. The molecule has 0 aromatic rings. The van der Waals surface area contributed by atoms with Crippen LogP contribution in [-0.4, -0.2) is 59.3 Å². The summed E-state index contributed by atoms with van der Waals surface area (Å²) in [5, 5.41) is 0. The molecule has 0 aromatic heterocycles. The zero-order valence-electron chi connectivity index (χ0n) is 11.8. The molecule has 0 aliphatic carbocycles. The first-order valence-corrected chi connectivity index (χ1v) is 7.97. The minimum Gasteiger partial charge on any atom is -0.340 e. The van der Waals surface area contributed by atoms with Crippen LogP contribution in [0.25, 0.3) is 0 Å². The normalized spacial score (nSPS) is 18.9. The van der Waals surface area contributed by atoms with Crippen molar-refractivity contribution in [2.24, 2.45) is 0 Å². The predicted octanol–water partition coefficient (Wildman–Crippen LogP) is 1.60. The van der Waals surface area contributed by atoms with E-state index in [1.807, 2.05) is 27.2 Å². The molecular formula is C13H24N2O2S. The molecule has 5 heteroatoms. The summed E-state index contributed by atoms with van der Waals surface area (Å²) in [6, 6.07) is -0.0615. The summed E-state index contributed by atoms with van der Waals surface area (Å²) in [6.45, 7) is 4.75. The molecule has 18 heavy (non-hydrogen) atoms. The summed E-state index contributed by atoms with van der Waals surface area (Å²) in [4.78, 5) is 27.7. The molecule has 4 nitrogen and oxygen atoms in total. The fourth-order valence-corrected chi connectivity index (χ4v) is 3.04. The number of thioether (sulfide) groups is 1. The highest BCUT2D eigenvalue weighted by Crippen LogP contribution is 2.18. The quantitative estimate of drug-likeness (QED) is 0.737. The van der Waals surface area contributed by atoms with Crippen molar-refractivity contribution in [3.8, 4) is 0 Å². The van der Waals surface area contributed by atoms with Crippen molar-refractivity contribution in [2.75, 3.05) is 25.6 Å². The van der Waals surface area contributed by atoms with Gasteiger partial charge in [0, 0.05) is 31.8 Å². The lowest BCUT2D eigenvalue weighted by atomic mass is 10.1. The molecular weight excluding hydrogens is 248 g/mol. The predicted molar refractivity (Wildman–Crippen MR) is 75.6 cm³/mol. The van der Waals surface area contributed by atoms with Gasteiger partial charge in [-0.15, -0.1) is 0 Å². The summed E-state index contributed by atoms with van der Waals surface area (Å²) in [5.74, 6) is 1.13. The number of likely N-dealkylation sites (tertiary alicyclic amines) is 1. The second-order valence-corrected chi connectivity index (χ2v) is 5.78. The number of rotatable bonds is 6. The van der Waals surface area contributed by atoms with E-state index >= 15 is 0 Å². The van der Waals surface area contributed by atoms with Crippen molar-refractivity contribution in [3.05, 3.63) is 0 Å². The molecule has 0 bridgehead atoms. The third kappa shape index (κ3) is 3.40. The van der Waals surface area contributed by atoms with E-state index in [0.717, 1.165) is 18.7 Å². The van der Waals surface area contributed by atoms with Gasteiger partial charge in [-0.05, 0) is 26.0 Å². The number of carbonyl (C=O) groups excluding carboxylic acids is 2. The Morgan fingerprint density at radius 2 is 2.22 bits per heavy atom. The molecule has 0 N–H and O–H groups in total. The highest BCUT2D eigenvalue weighted by atomic mass is 32.2. The molecule has 0 spiro atoms. The molecule has 1 aliphatic rings. The van der Waals surface area contributed by atoms with Gasteiger partial charge in [0.15, 0.2) is 0 Å². The Hall–Kier alpha value is -0.710. The molecule has 1 saturated heterocycles. The first-order valence-electron chi connectivity index (χ1n) is 6.58. The summed E-state index contributed by atoms with van der Waals surface area (Å²) in [6.07, 6.45) is 4.21. The van der Waals surface area contributed by atoms with Gasteiger partial charge < -0.3 is 9.80 Å². The topological polar surface area (TPSA) is 40.6 Å². The Bertz CT molecular complexity index is 309. The second-order valence-electron chi connectivity index (χ2n) is 4.87. The van der Waals surface area contributed by atoms with Crippen molar-refractivity contribution in [3.63, 3.8) is 0 Å². The highest BCUT2D eigenvalue weighted by Gasteiger charge is 2.33. The maximum atomic E-state index is 12.4. The molecule has 2 atom stereocenters. The number of carbonyl (C=O) groups is 2. The van der Waals surface area contributed by atoms with E-state index < -0.39 is 0 Å². The Morgan fingerprint density at radius 1 is 1.56 bits per heavy atom. The van der Waals surface area contributed by atoms with Crippen molar-refractivity contribution in [2.45, 2.75) is 45.2 Å². The maximum absolute atomic E-state index is 12.4. The molecule has 0 radical (unpaired) electrons. The van der Waals surface area contributed by atoms with Gasteiger partial charge >= 0.3 is 0 Å². The highest BCUT2D eigenvalue weighted by molar-refractivity contribution is 7.98. The average molecular weight is 272 g/mol. The van der Waals surface area contributed by atoms with Gasteiger partial charge in [-0.3, -0.25) is 9.59 Å². The fourth-order valence-electron chi connectivity index (χ4n) is 2.33. The number of likely N-dealkylation sites (N-methyl/N-ethyl adjacent to an activating group) is 1. The standard InChI is InChI=1S/C13H24N2O2S/c1-5-11(15-8-6-7-12(15)16)13(17)14(3)10(2)9-18-4/h10-11H,5-9H2,1-4H3/t10-,11-/m0/s1. The van der Waals surface area contributed by atoms with Crippen LogP contribution in [0.15, 0.2) is 0 Å². The Labute approximate surface area is 114 Å². The smallest absolute Gasteiger partial charge is 0.245 e. The Balaban J connectivity index is 2.69. The molecule has 0 unspecified atom stereocenters. The molecule has 1 aliphatic heterocycles. The van der Waals surface area contributed by atoms with Crippen molar-refractivity contribution < 1.29 is 9.59 Å². The minimum atomic E-state index is -0.269. The average Bonchev–Trinajstić information content (AvgIpc) is 2.76. The van der Waals surface area contributed by atoms with Crippen LogP contribution in [0.3, 0.4) is 0 Å². The molecule has 1 rings (SSSR count). The van der Waals surface area contributed by atoms with Crippen LogP contribution in [0.2, 0.25) is 0 Å². The lowest BCUT2D eigenvalue weighted by Crippen LogP contribution is -2.50. The third-order valence-corrected chi connectivity index (χ3v) is 4.39. The molecule has 104 valence electrons. The lowest BCUT2D eigenvalue weighted by Gasteiger charge is -2.32. The van der Waals surface area contributed by atoms with Gasteiger partial charge in [-0.1, -0.05) is 6.92 Å². The van der Waals surface area contributed by atoms with Crippen molar-refractivity contribution >= 4 is 23.6 Å². The monoisotopic (exact) mass is 272 g/mol. The van der Waals surface area contributed by atoms with Gasteiger partial charge in [0.05, 0.1) is 0 Å². The second kappa shape index (κ2) is 7.02. The largest absolute Gasteiger partial charge is 0.340 e. The molecule has 0 saturated carbocycles. The van der Waals surface area contributed by atoms with E-state index in [4.69, 9.17) is 0 Å². The van der Waals surface area contributed by atoms with Crippen molar-refractivity contribution in [1.82, 2.24) is 9.80 Å². The summed E-state index contributed by atoms with van der Waals surface area (Å²) >= 11 is 1.73. The summed E-state index contributed by atoms with van der Waals surface area (Å²) in [7, 11) is 1.84. The Morgan fingerprint density at radius 3 is 2.67 bits per heavy atom. The van der Waals surface area contributed by atoms with E-state index in [9.17, 15) is 9.59 Å². The lowest BCUT2D eigenvalue weighted by molar-refractivity contribution is -0.143. The molecule has 1 heterocycles. The fraction of sp³-hybridized carbons (Fsp3) is 0.846. The van der Waals surface area contributed by atoms with E-state index in [-0.39, 0.29) is 23.9 Å². The molecule has 1 fully saturated rings. The zero-order chi connectivity index (χ0) is 13.7. The van der Waals surface area contributed by atoms with Gasteiger partial charge in [0.1, 0.15) is 6.04 Å². The Kier molecular flexibility index (Phi) is 5.99. The van der Waals surface area contributed by atoms with Crippen LogP contribution >= 0.6 is 11.8 Å². The van der Waals surface area contributed by atoms with Crippen LogP contribution in [-0.2, 0) is 9.59 Å². The van der Waals surface area contributed by atoms with Crippen LogP contribution in [0.4, 0.5) is 0 Å². The summed E-state index contributed by atoms with van der Waals surface area (Å²) in [5.41, 5.74) is 0. The van der Waals surface area contributed by atoms with Crippen LogP contribution < -0.4 is 0 Å². The van der Waals surface area contributed by atoms with E-state index in [1.165, 1.54) is 0 Å². The number of hydrogen-bond donors (Lipinski definition) is 0. The molecule has 0 aromatic carbocycles. The van der Waals surface area contributed by atoms with Crippen molar-refractivity contribution in [1.29, 1.82) is 0 Å². The van der Waals surface area contributed by atoms with Gasteiger partial charge in [-0.25, -0.2) is 0 Å². The van der Waals surface area contributed by atoms with Gasteiger partial charge in [-0.2, -0.15) is 11.8 Å².